The molecule has 0 bridgehead atoms. The molecule has 1 N–H and O–H groups in total. The zero-order valence-electron chi connectivity index (χ0n) is 23.9. The first-order chi connectivity index (χ1) is 21.3. The van der Waals surface area contributed by atoms with Gasteiger partial charge in [0.05, 0.1) is 19.8 Å². The van der Waals surface area contributed by atoms with E-state index in [0.29, 0.717) is 53.9 Å². The second-order valence-corrected chi connectivity index (χ2v) is 12.3. The van der Waals surface area contributed by atoms with Gasteiger partial charge in [-0.3, -0.25) is 4.79 Å². The Labute approximate surface area is 256 Å². The number of nitrogens with one attached hydrogen (secondary N) is 1. The van der Waals surface area contributed by atoms with E-state index in [2.05, 4.69) is 30.8 Å². The number of benzene rings is 2. The molecule has 5 aromatic rings. The van der Waals surface area contributed by atoms with Gasteiger partial charge in [-0.2, -0.15) is 8.99 Å². The molecule has 1 saturated heterocycles. The molecule has 0 saturated carbocycles. The fourth-order valence-corrected chi connectivity index (χ4v) is 7.00. The summed E-state index contributed by atoms with van der Waals surface area (Å²) in [5.41, 5.74) is 1.32. The van der Waals surface area contributed by atoms with Crippen molar-refractivity contribution in [3.05, 3.63) is 69.5 Å². The summed E-state index contributed by atoms with van der Waals surface area (Å²) >= 11 is 6.33. The van der Waals surface area contributed by atoms with Gasteiger partial charge < -0.3 is 14.5 Å². The Bertz CT molecular complexity index is 1950. The van der Waals surface area contributed by atoms with Crippen LogP contribution in [0.4, 0.5) is 0 Å². The van der Waals surface area contributed by atoms with Crippen LogP contribution in [0.15, 0.2) is 52.4 Å². The molecule has 17 heteroatoms. The highest BCUT2D eigenvalue weighted by molar-refractivity contribution is 7.89. The van der Waals surface area contributed by atoms with Crippen molar-refractivity contribution in [2.75, 3.05) is 26.3 Å². The van der Waals surface area contributed by atoms with Crippen molar-refractivity contribution in [2.45, 2.75) is 44.0 Å². The van der Waals surface area contributed by atoms with Crippen molar-refractivity contribution in [1.29, 1.82) is 0 Å². The van der Waals surface area contributed by atoms with E-state index < -0.39 is 15.6 Å². The monoisotopic (exact) mass is 640 g/mol. The molecule has 3 aromatic heterocycles. The van der Waals surface area contributed by atoms with Crippen LogP contribution < -0.4 is 15.0 Å². The molecular weight excluding hydrogens is 612 g/mol. The van der Waals surface area contributed by atoms with Crippen LogP contribution in [0.1, 0.15) is 44.0 Å². The molecule has 230 valence electrons. The van der Waals surface area contributed by atoms with Crippen LogP contribution >= 0.6 is 11.6 Å². The summed E-state index contributed by atoms with van der Waals surface area (Å²) in [6.07, 6.45) is 2.26. The molecular formula is C27H29ClN10O5S. The first-order valence-electron chi connectivity index (χ1n) is 14.0. The number of tetrazole rings is 1. The van der Waals surface area contributed by atoms with E-state index in [1.807, 2.05) is 18.2 Å². The van der Waals surface area contributed by atoms with Crippen molar-refractivity contribution in [1.82, 2.24) is 49.5 Å². The number of nitrogens with zero attached hydrogens (tertiary/aromatic N) is 9. The van der Waals surface area contributed by atoms with Crippen molar-refractivity contribution < 1.29 is 17.9 Å². The number of sulfonamides is 1. The topological polar surface area (TPSA) is 176 Å². The molecule has 4 heterocycles. The van der Waals surface area contributed by atoms with Crippen LogP contribution in [0, 0.1) is 0 Å². The van der Waals surface area contributed by atoms with E-state index in [1.54, 1.807) is 30.7 Å². The number of fused-ring (bicyclic) bond motifs is 1. The van der Waals surface area contributed by atoms with Gasteiger partial charge in [-0.25, -0.2) is 18.1 Å². The molecule has 1 aliphatic rings. The minimum Gasteiger partial charge on any atom is -0.492 e. The number of piperidine rings is 1. The predicted molar refractivity (Wildman–Crippen MR) is 159 cm³/mol. The standard InChI is InChI=1S/C27H29ClN10O5S/c1-3-42-21-14-23(22(43-4-2)13-20(21)38-16-29-33-35-38)44(40,41)36-11-9-17(10-12-36)25-30-26-24(27(39)31-25)32-34-37(26)15-18-7-5-6-8-19(18)28/h5-8,13-14,16-17H,3-4,9-12,15H2,1-2H3,(H,30,31,39). The Morgan fingerprint density at radius 2 is 1.80 bits per heavy atom. The number of hydrogen-bond donors (Lipinski definition) is 1. The number of rotatable bonds is 10. The van der Waals surface area contributed by atoms with E-state index >= 15 is 0 Å². The van der Waals surface area contributed by atoms with Crippen LogP contribution in [0.5, 0.6) is 11.5 Å². The lowest BCUT2D eigenvalue weighted by atomic mass is 9.97. The quantitative estimate of drug-likeness (QED) is 0.237. The molecule has 0 unspecified atom stereocenters. The molecule has 6 rings (SSSR count). The Morgan fingerprint density at radius 3 is 2.50 bits per heavy atom. The third kappa shape index (κ3) is 5.62. The smallest absolute Gasteiger partial charge is 0.281 e. The minimum atomic E-state index is -3.99. The predicted octanol–water partition coefficient (Wildman–Crippen LogP) is 2.56. The van der Waals surface area contributed by atoms with Gasteiger partial charge in [-0.15, -0.1) is 10.2 Å². The third-order valence-corrected chi connectivity index (χ3v) is 9.64. The van der Waals surface area contributed by atoms with Crippen molar-refractivity contribution in [2.24, 2.45) is 0 Å². The second kappa shape index (κ2) is 12.3. The summed E-state index contributed by atoms with van der Waals surface area (Å²) in [5.74, 6) is 0.740. The number of aromatic amines is 1. The maximum atomic E-state index is 14.0. The third-order valence-electron chi connectivity index (χ3n) is 7.35. The molecule has 1 aliphatic heterocycles. The highest BCUT2D eigenvalue weighted by Crippen LogP contribution is 2.38. The maximum absolute atomic E-state index is 14.0. The van der Waals surface area contributed by atoms with Crippen molar-refractivity contribution in [3.8, 4) is 17.2 Å². The molecule has 0 atom stereocenters. The average molecular weight is 641 g/mol. The fraction of sp³-hybridized carbons (Fsp3) is 0.370. The van der Waals surface area contributed by atoms with E-state index in [0.717, 1.165) is 5.56 Å². The van der Waals surface area contributed by atoms with Gasteiger partial charge in [0.1, 0.15) is 34.2 Å². The number of H-pyrrole nitrogens is 1. The Balaban J connectivity index is 1.26. The Morgan fingerprint density at radius 1 is 1.05 bits per heavy atom. The molecule has 2 aromatic carbocycles. The van der Waals surface area contributed by atoms with Crippen molar-refractivity contribution in [3.63, 3.8) is 0 Å². The number of halogens is 1. The molecule has 15 nitrogen and oxygen atoms in total. The highest BCUT2D eigenvalue weighted by atomic mass is 35.5. The van der Waals surface area contributed by atoms with Crippen LogP contribution in [-0.4, -0.2) is 84.2 Å². The summed E-state index contributed by atoms with van der Waals surface area (Å²) < 4.78 is 43.8. The van der Waals surface area contributed by atoms with E-state index in [4.69, 9.17) is 26.1 Å². The molecule has 0 radical (unpaired) electrons. The van der Waals surface area contributed by atoms with Gasteiger partial charge in [0.2, 0.25) is 10.0 Å². The zero-order chi connectivity index (χ0) is 30.8. The highest BCUT2D eigenvalue weighted by Gasteiger charge is 2.34. The van der Waals surface area contributed by atoms with Crippen LogP contribution in [-0.2, 0) is 16.6 Å². The molecule has 0 aliphatic carbocycles. The SMILES string of the molecule is CCOc1cc(S(=O)(=O)N2CCC(c3nc4c(nnn4Cc4ccccc4Cl)c(=O)[nH]3)CC2)c(OCC)cc1-n1cnnn1. The Hall–Kier alpha value is -4.41. The minimum absolute atomic E-state index is 0.0134. The second-order valence-electron chi connectivity index (χ2n) is 10.0. The summed E-state index contributed by atoms with van der Waals surface area (Å²) in [6, 6.07) is 10.4. The van der Waals surface area contributed by atoms with Gasteiger partial charge in [0.25, 0.3) is 5.56 Å². The molecule has 1 fully saturated rings. The summed E-state index contributed by atoms with van der Waals surface area (Å²) in [4.78, 5) is 20.4. The summed E-state index contributed by atoms with van der Waals surface area (Å²) in [6.45, 7) is 4.82. The van der Waals surface area contributed by atoms with E-state index in [9.17, 15) is 13.2 Å². The maximum Gasteiger partial charge on any atom is 0.281 e. The zero-order valence-corrected chi connectivity index (χ0v) is 25.5. The van der Waals surface area contributed by atoms with E-state index in [-0.39, 0.29) is 41.8 Å². The number of hydrogen-bond acceptors (Lipinski definition) is 11. The van der Waals surface area contributed by atoms with E-state index in [1.165, 1.54) is 21.4 Å². The lowest BCUT2D eigenvalue weighted by Gasteiger charge is -2.31. The molecule has 0 spiro atoms. The molecule has 0 amide bonds. The number of aromatic nitrogens is 9. The lowest BCUT2D eigenvalue weighted by Crippen LogP contribution is -2.38. The average Bonchev–Trinajstić information content (AvgIpc) is 3.70. The van der Waals surface area contributed by atoms with Crippen LogP contribution in [0.2, 0.25) is 5.02 Å². The van der Waals surface area contributed by atoms with Gasteiger partial charge in [0, 0.05) is 36.2 Å². The van der Waals surface area contributed by atoms with Gasteiger partial charge in [-0.1, -0.05) is 35.0 Å². The lowest BCUT2D eigenvalue weighted by molar-refractivity contribution is 0.304. The first kappa shape index (κ1) is 29.7. The fourth-order valence-electron chi connectivity index (χ4n) is 5.20. The molecule has 44 heavy (non-hydrogen) atoms. The largest absolute Gasteiger partial charge is 0.492 e. The summed E-state index contributed by atoms with van der Waals surface area (Å²) in [5, 5.41) is 20.0. The Kier molecular flexibility index (Phi) is 8.29. The number of ether oxygens (including phenoxy) is 2. The first-order valence-corrected chi connectivity index (χ1v) is 15.9. The van der Waals surface area contributed by atoms with Gasteiger partial charge in [-0.05, 0) is 48.7 Å². The van der Waals surface area contributed by atoms with Crippen LogP contribution in [0.25, 0.3) is 16.9 Å². The van der Waals surface area contributed by atoms with Crippen LogP contribution in [0.3, 0.4) is 0 Å². The van der Waals surface area contributed by atoms with Crippen molar-refractivity contribution >= 4 is 32.8 Å². The van der Waals surface area contributed by atoms with Gasteiger partial charge >= 0.3 is 0 Å². The summed E-state index contributed by atoms with van der Waals surface area (Å²) in [7, 11) is -3.99. The van der Waals surface area contributed by atoms with Gasteiger partial charge in [0.15, 0.2) is 11.2 Å². The normalized spacial score (nSPS) is 14.7.